The molecule has 0 aromatic heterocycles. The Balaban J connectivity index is 1.13. The van der Waals surface area contributed by atoms with E-state index < -0.39 is 6.04 Å². The maximum absolute atomic E-state index is 13.0. The summed E-state index contributed by atoms with van der Waals surface area (Å²) < 4.78 is 12.2. The van der Waals surface area contributed by atoms with E-state index in [1.807, 2.05) is 18.2 Å². The maximum atomic E-state index is 13.0. The van der Waals surface area contributed by atoms with Crippen LogP contribution in [0.4, 0.5) is 0 Å². The molecule has 7 heteroatoms. The molecular formula is C27H35N3O4. The summed E-state index contributed by atoms with van der Waals surface area (Å²) >= 11 is 0. The number of hydrogen-bond donors (Lipinski definition) is 1. The van der Waals surface area contributed by atoms with E-state index in [0.717, 1.165) is 43.2 Å². The number of rotatable bonds is 4. The lowest BCUT2D eigenvalue weighted by Crippen LogP contribution is -2.49. The van der Waals surface area contributed by atoms with Crippen molar-refractivity contribution in [1.29, 1.82) is 0 Å². The fraction of sp³-hybridized carbons (Fsp3) is 0.630. The highest BCUT2D eigenvalue weighted by Gasteiger charge is 2.45. The van der Waals surface area contributed by atoms with Crippen molar-refractivity contribution in [3.8, 4) is 5.75 Å². The van der Waals surface area contributed by atoms with E-state index in [2.05, 4.69) is 16.8 Å². The number of benzene rings is 1. The highest BCUT2D eigenvalue weighted by atomic mass is 16.5. The van der Waals surface area contributed by atoms with Crippen LogP contribution in [0.2, 0.25) is 0 Å². The summed E-state index contributed by atoms with van der Waals surface area (Å²) in [7, 11) is 0. The van der Waals surface area contributed by atoms with Crippen LogP contribution < -0.4 is 10.1 Å². The van der Waals surface area contributed by atoms with Gasteiger partial charge in [0, 0.05) is 43.6 Å². The van der Waals surface area contributed by atoms with Gasteiger partial charge in [0.25, 0.3) is 5.91 Å². The minimum absolute atomic E-state index is 0.0632. The summed E-state index contributed by atoms with van der Waals surface area (Å²) in [6, 6.07) is 5.87. The Hall–Kier alpha value is -2.38. The first-order valence-corrected chi connectivity index (χ1v) is 12.9. The van der Waals surface area contributed by atoms with Gasteiger partial charge in [0.15, 0.2) is 0 Å². The number of amides is 2. The molecule has 5 aliphatic rings. The quantitative estimate of drug-likeness (QED) is 0.739. The number of nitrogens with one attached hydrogen (secondary N) is 1. The zero-order valence-electron chi connectivity index (χ0n) is 19.9. The predicted molar refractivity (Wildman–Crippen MR) is 127 cm³/mol. The summed E-state index contributed by atoms with van der Waals surface area (Å²) in [5.41, 5.74) is 2.82. The molecular weight excluding hydrogens is 430 g/mol. The summed E-state index contributed by atoms with van der Waals surface area (Å²) in [5.74, 6) is 0.647. The van der Waals surface area contributed by atoms with Gasteiger partial charge in [-0.25, -0.2) is 0 Å². The van der Waals surface area contributed by atoms with E-state index in [1.165, 1.54) is 38.6 Å². The first kappa shape index (κ1) is 22.1. The van der Waals surface area contributed by atoms with Crippen molar-refractivity contribution in [3.63, 3.8) is 0 Å². The van der Waals surface area contributed by atoms with E-state index in [4.69, 9.17) is 9.47 Å². The van der Waals surface area contributed by atoms with Crippen molar-refractivity contribution < 1.29 is 19.1 Å². The van der Waals surface area contributed by atoms with Crippen LogP contribution in [0.5, 0.6) is 5.75 Å². The van der Waals surface area contributed by atoms with Crippen LogP contribution in [0.15, 0.2) is 30.5 Å². The molecule has 4 fully saturated rings. The number of likely N-dealkylation sites (tertiary alicyclic amines) is 1. The van der Waals surface area contributed by atoms with Gasteiger partial charge in [-0.2, -0.15) is 0 Å². The Kier molecular flexibility index (Phi) is 5.65. The SMILES string of the molecule is C=C1CCC(N2Cc3cc(OC4CCCC4N4CCC5(CCOCC5)C4)ccc3C2=O)C(=O)N1. The smallest absolute Gasteiger partial charge is 0.255 e. The summed E-state index contributed by atoms with van der Waals surface area (Å²) in [6.45, 7) is 8.44. The molecule has 34 heavy (non-hydrogen) atoms. The van der Waals surface area contributed by atoms with Crippen LogP contribution in [0.25, 0.3) is 0 Å². The van der Waals surface area contributed by atoms with Crippen LogP contribution in [0.3, 0.4) is 0 Å². The van der Waals surface area contributed by atoms with Gasteiger partial charge in [0.1, 0.15) is 17.9 Å². The van der Waals surface area contributed by atoms with Crippen LogP contribution in [-0.2, 0) is 16.1 Å². The lowest BCUT2D eigenvalue weighted by atomic mass is 9.79. The van der Waals surface area contributed by atoms with Crippen molar-refractivity contribution in [2.24, 2.45) is 5.41 Å². The minimum Gasteiger partial charge on any atom is -0.489 e. The molecule has 0 radical (unpaired) electrons. The Morgan fingerprint density at radius 2 is 1.97 bits per heavy atom. The second-order valence-electron chi connectivity index (χ2n) is 10.9. The molecule has 182 valence electrons. The lowest BCUT2D eigenvalue weighted by molar-refractivity contribution is -0.126. The molecule has 1 N–H and O–H groups in total. The zero-order valence-corrected chi connectivity index (χ0v) is 19.9. The number of hydrogen-bond acceptors (Lipinski definition) is 5. The molecule has 4 aliphatic heterocycles. The highest BCUT2D eigenvalue weighted by Crippen LogP contribution is 2.43. The van der Waals surface area contributed by atoms with Crippen molar-refractivity contribution in [2.75, 3.05) is 26.3 Å². The number of carbonyl (C=O) groups is 2. The van der Waals surface area contributed by atoms with Crippen LogP contribution >= 0.6 is 0 Å². The number of ether oxygens (including phenoxy) is 2. The Morgan fingerprint density at radius 1 is 1.12 bits per heavy atom. The van der Waals surface area contributed by atoms with Crippen molar-refractivity contribution in [2.45, 2.75) is 76.1 Å². The van der Waals surface area contributed by atoms with E-state index >= 15 is 0 Å². The molecule has 3 saturated heterocycles. The van der Waals surface area contributed by atoms with E-state index in [0.29, 0.717) is 36.4 Å². The lowest BCUT2D eigenvalue weighted by Gasteiger charge is -2.35. The Morgan fingerprint density at radius 3 is 2.79 bits per heavy atom. The third-order valence-electron chi connectivity index (χ3n) is 8.80. The average molecular weight is 466 g/mol. The highest BCUT2D eigenvalue weighted by molar-refractivity contribution is 6.01. The predicted octanol–water partition coefficient (Wildman–Crippen LogP) is 3.24. The fourth-order valence-electron chi connectivity index (χ4n) is 6.81. The molecule has 0 bridgehead atoms. The molecule has 1 aromatic carbocycles. The Bertz CT molecular complexity index is 1000. The monoisotopic (exact) mass is 465 g/mol. The van der Waals surface area contributed by atoms with Crippen molar-refractivity contribution >= 4 is 11.8 Å². The number of allylic oxidation sites excluding steroid dienone is 1. The maximum Gasteiger partial charge on any atom is 0.255 e. The molecule has 1 saturated carbocycles. The topological polar surface area (TPSA) is 71.1 Å². The first-order valence-electron chi connectivity index (χ1n) is 12.9. The largest absolute Gasteiger partial charge is 0.489 e. The zero-order chi connectivity index (χ0) is 23.3. The molecule has 3 atom stereocenters. The molecule has 1 spiro atoms. The third-order valence-corrected chi connectivity index (χ3v) is 8.80. The molecule has 6 rings (SSSR count). The van der Waals surface area contributed by atoms with Crippen LogP contribution in [-0.4, -0.2) is 66.1 Å². The van der Waals surface area contributed by atoms with E-state index in [-0.39, 0.29) is 17.9 Å². The number of nitrogens with zero attached hydrogens (tertiary/aromatic N) is 2. The first-order chi connectivity index (χ1) is 16.5. The molecule has 7 nitrogen and oxygen atoms in total. The molecule has 4 heterocycles. The van der Waals surface area contributed by atoms with Gasteiger partial charge >= 0.3 is 0 Å². The number of carbonyl (C=O) groups excluding carboxylic acids is 2. The number of fused-ring (bicyclic) bond motifs is 1. The standard InChI is InChI=1S/C27H35N3O4/c1-18-5-8-23(25(31)28-18)30-16-19-15-20(6-7-21(19)26(30)32)34-24-4-2-3-22(24)29-12-9-27(17-29)10-13-33-14-11-27/h6-7,15,22-24H,1-5,8-14,16-17H2,(H,28,31). The van der Waals surface area contributed by atoms with Crippen LogP contribution in [0, 0.1) is 5.41 Å². The van der Waals surface area contributed by atoms with Gasteiger partial charge in [-0.15, -0.1) is 0 Å². The normalized spacial score (nSPS) is 31.2. The van der Waals surface area contributed by atoms with Gasteiger partial charge in [-0.05, 0) is 87.1 Å². The summed E-state index contributed by atoms with van der Waals surface area (Å²) in [6.07, 6.45) is 8.63. The van der Waals surface area contributed by atoms with Gasteiger partial charge in [0.05, 0.1) is 0 Å². The van der Waals surface area contributed by atoms with Crippen molar-refractivity contribution in [1.82, 2.24) is 15.1 Å². The van der Waals surface area contributed by atoms with Crippen molar-refractivity contribution in [3.05, 3.63) is 41.6 Å². The van der Waals surface area contributed by atoms with Gasteiger partial charge in [0.2, 0.25) is 5.91 Å². The van der Waals surface area contributed by atoms with E-state index in [1.54, 1.807) is 4.90 Å². The third kappa shape index (κ3) is 3.93. The van der Waals surface area contributed by atoms with Gasteiger partial charge in [-0.3, -0.25) is 14.5 Å². The molecule has 1 aromatic rings. The Labute approximate surface area is 201 Å². The molecule has 2 amide bonds. The second-order valence-corrected chi connectivity index (χ2v) is 10.9. The summed E-state index contributed by atoms with van der Waals surface area (Å²) in [5, 5.41) is 2.80. The fourth-order valence-corrected chi connectivity index (χ4v) is 6.81. The van der Waals surface area contributed by atoms with Gasteiger partial charge < -0.3 is 19.7 Å². The number of piperidine rings is 1. The molecule has 1 aliphatic carbocycles. The van der Waals surface area contributed by atoms with Gasteiger partial charge in [-0.1, -0.05) is 6.58 Å². The van der Waals surface area contributed by atoms with E-state index in [9.17, 15) is 9.59 Å². The second kappa shape index (κ2) is 8.68. The van der Waals surface area contributed by atoms with Crippen LogP contribution in [0.1, 0.15) is 67.3 Å². The minimum atomic E-state index is -0.429. The molecule has 3 unspecified atom stereocenters. The summed E-state index contributed by atoms with van der Waals surface area (Å²) in [4.78, 5) is 29.9. The average Bonchev–Trinajstić information content (AvgIpc) is 3.53.